The van der Waals surface area contributed by atoms with E-state index in [-0.39, 0.29) is 17.1 Å². The standard InChI is InChI=1S/C11H13ClFNO2/c1-2-8(15)6-14-11(16)7-3-4-9(12)10(13)5-7/h3-5,8,15H,2,6H2,1H3,(H,14,16). The summed E-state index contributed by atoms with van der Waals surface area (Å²) in [6.45, 7) is 1.96. The first kappa shape index (κ1) is 12.9. The minimum absolute atomic E-state index is 0.0230. The number of hydrogen-bond acceptors (Lipinski definition) is 2. The van der Waals surface area contributed by atoms with Crippen molar-refractivity contribution in [2.75, 3.05) is 6.54 Å². The number of aliphatic hydroxyl groups excluding tert-OH is 1. The number of carbonyl (C=O) groups excluding carboxylic acids is 1. The molecule has 0 aliphatic carbocycles. The largest absolute Gasteiger partial charge is 0.391 e. The quantitative estimate of drug-likeness (QED) is 0.852. The third-order valence-corrected chi connectivity index (χ3v) is 2.46. The fourth-order valence-electron chi connectivity index (χ4n) is 1.09. The second kappa shape index (κ2) is 5.82. The zero-order valence-electron chi connectivity index (χ0n) is 8.84. The smallest absolute Gasteiger partial charge is 0.251 e. The molecule has 0 aromatic heterocycles. The molecule has 88 valence electrons. The molecule has 1 aromatic carbocycles. The van der Waals surface area contributed by atoms with Gasteiger partial charge in [-0.2, -0.15) is 0 Å². The summed E-state index contributed by atoms with van der Waals surface area (Å²) in [5.41, 5.74) is 0.185. The fourth-order valence-corrected chi connectivity index (χ4v) is 1.21. The second-order valence-electron chi connectivity index (χ2n) is 3.40. The van der Waals surface area contributed by atoms with E-state index in [9.17, 15) is 14.3 Å². The van der Waals surface area contributed by atoms with E-state index in [1.165, 1.54) is 12.1 Å². The van der Waals surface area contributed by atoms with Crippen LogP contribution >= 0.6 is 11.6 Å². The Morgan fingerprint density at radius 1 is 1.62 bits per heavy atom. The van der Waals surface area contributed by atoms with Crippen LogP contribution in [-0.4, -0.2) is 23.7 Å². The summed E-state index contributed by atoms with van der Waals surface area (Å²) < 4.78 is 13.0. The van der Waals surface area contributed by atoms with Crippen LogP contribution in [0.1, 0.15) is 23.7 Å². The van der Waals surface area contributed by atoms with Crippen LogP contribution in [0.3, 0.4) is 0 Å². The Bertz CT molecular complexity index is 384. The summed E-state index contributed by atoms with van der Waals surface area (Å²) in [6.07, 6.45) is -0.0315. The van der Waals surface area contributed by atoms with Crippen LogP contribution in [0, 0.1) is 5.82 Å². The molecule has 0 aliphatic rings. The molecular formula is C11H13ClFNO2. The average Bonchev–Trinajstić information content (AvgIpc) is 2.29. The van der Waals surface area contributed by atoms with Crippen LogP contribution in [0.25, 0.3) is 0 Å². The molecular weight excluding hydrogens is 233 g/mol. The number of halogens is 2. The maximum absolute atomic E-state index is 13.0. The zero-order chi connectivity index (χ0) is 12.1. The van der Waals surface area contributed by atoms with Crippen LogP contribution in [0.4, 0.5) is 4.39 Å². The lowest BCUT2D eigenvalue weighted by Gasteiger charge is -2.09. The molecule has 0 saturated carbocycles. The van der Waals surface area contributed by atoms with Crippen molar-refractivity contribution in [2.24, 2.45) is 0 Å². The molecule has 0 saturated heterocycles. The molecule has 2 N–H and O–H groups in total. The Kier molecular flexibility index (Phi) is 4.71. The van der Waals surface area contributed by atoms with Gasteiger partial charge in [-0.05, 0) is 24.6 Å². The maximum Gasteiger partial charge on any atom is 0.251 e. The molecule has 1 rings (SSSR count). The molecule has 3 nitrogen and oxygen atoms in total. The fraction of sp³-hybridized carbons (Fsp3) is 0.364. The van der Waals surface area contributed by atoms with Gasteiger partial charge in [0.25, 0.3) is 5.91 Å². The van der Waals surface area contributed by atoms with Crippen molar-refractivity contribution in [1.82, 2.24) is 5.32 Å². The minimum Gasteiger partial charge on any atom is -0.391 e. The van der Waals surface area contributed by atoms with E-state index in [0.717, 1.165) is 6.07 Å². The summed E-state index contributed by atoms with van der Waals surface area (Å²) in [7, 11) is 0. The number of nitrogens with one attached hydrogen (secondary N) is 1. The van der Waals surface area contributed by atoms with E-state index < -0.39 is 17.8 Å². The summed E-state index contributed by atoms with van der Waals surface area (Å²) in [5.74, 6) is -1.06. The van der Waals surface area contributed by atoms with Gasteiger partial charge in [-0.25, -0.2) is 4.39 Å². The van der Waals surface area contributed by atoms with Crippen molar-refractivity contribution in [3.63, 3.8) is 0 Å². The van der Waals surface area contributed by atoms with Gasteiger partial charge in [-0.15, -0.1) is 0 Å². The lowest BCUT2D eigenvalue weighted by Crippen LogP contribution is -2.31. The minimum atomic E-state index is -0.634. The van der Waals surface area contributed by atoms with Gasteiger partial charge >= 0.3 is 0 Å². The van der Waals surface area contributed by atoms with E-state index in [4.69, 9.17) is 11.6 Å². The van der Waals surface area contributed by atoms with Gasteiger partial charge < -0.3 is 10.4 Å². The summed E-state index contributed by atoms with van der Waals surface area (Å²) >= 11 is 5.49. The zero-order valence-corrected chi connectivity index (χ0v) is 9.59. The van der Waals surface area contributed by atoms with Crippen LogP contribution in [0.2, 0.25) is 5.02 Å². The molecule has 1 atom stereocenters. The highest BCUT2D eigenvalue weighted by Gasteiger charge is 2.09. The number of benzene rings is 1. The SMILES string of the molecule is CCC(O)CNC(=O)c1ccc(Cl)c(F)c1. The van der Waals surface area contributed by atoms with Gasteiger partial charge in [0.15, 0.2) is 0 Å². The third-order valence-electron chi connectivity index (χ3n) is 2.15. The molecule has 5 heteroatoms. The Labute approximate surface area is 98.2 Å². The average molecular weight is 246 g/mol. The predicted molar refractivity (Wildman–Crippen MR) is 60.0 cm³/mol. The number of rotatable bonds is 4. The Morgan fingerprint density at radius 2 is 2.31 bits per heavy atom. The van der Waals surface area contributed by atoms with Gasteiger partial charge in [-0.1, -0.05) is 18.5 Å². The predicted octanol–water partition coefficient (Wildman–Crippen LogP) is 1.98. The van der Waals surface area contributed by atoms with Gasteiger partial charge in [-0.3, -0.25) is 4.79 Å². The lowest BCUT2D eigenvalue weighted by atomic mass is 10.2. The summed E-state index contributed by atoms with van der Waals surface area (Å²) in [4.78, 5) is 11.5. The number of carbonyl (C=O) groups is 1. The molecule has 0 spiro atoms. The Balaban J connectivity index is 2.63. The van der Waals surface area contributed by atoms with Gasteiger partial charge in [0.1, 0.15) is 5.82 Å². The highest BCUT2D eigenvalue weighted by atomic mass is 35.5. The summed E-state index contributed by atoms with van der Waals surface area (Å²) in [6, 6.07) is 3.82. The highest BCUT2D eigenvalue weighted by molar-refractivity contribution is 6.30. The van der Waals surface area contributed by atoms with Gasteiger partial charge in [0.05, 0.1) is 11.1 Å². The van der Waals surface area contributed by atoms with Crippen LogP contribution in [-0.2, 0) is 0 Å². The first-order chi connectivity index (χ1) is 7.54. The van der Waals surface area contributed by atoms with Gasteiger partial charge in [0, 0.05) is 12.1 Å². The number of amides is 1. The molecule has 0 aliphatic heterocycles. The molecule has 0 radical (unpaired) electrons. The molecule has 1 aromatic rings. The molecule has 0 heterocycles. The van der Waals surface area contributed by atoms with E-state index in [1.54, 1.807) is 6.92 Å². The van der Waals surface area contributed by atoms with Crippen molar-refractivity contribution in [1.29, 1.82) is 0 Å². The van der Waals surface area contributed by atoms with Crippen molar-refractivity contribution < 1.29 is 14.3 Å². The van der Waals surface area contributed by atoms with Crippen molar-refractivity contribution in [3.8, 4) is 0 Å². The molecule has 0 fully saturated rings. The van der Waals surface area contributed by atoms with E-state index >= 15 is 0 Å². The van der Waals surface area contributed by atoms with Crippen molar-refractivity contribution in [3.05, 3.63) is 34.6 Å². The normalized spacial score (nSPS) is 12.2. The highest BCUT2D eigenvalue weighted by Crippen LogP contribution is 2.15. The molecule has 16 heavy (non-hydrogen) atoms. The Morgan fingerprint density at radius 3 is 2.88 bits per heavy atom. The van der Waals surface area contributed by atoms with E-state index in [0.29, 0.717) is 6.42 Å². The first-order valence-electron chi connectivity index (χ1n) is 4.96. The molecule has 1 unspecified atom stereocenters. The molecule has 1 amide bonds. The number of hydrogen-bond donors (Lipinski definition) is 2. The number of aliphatic hydroxyl groups is 1. The monoisotopic (exact) mass is 245 g/mol. The summed E-state index contributed by atoms with van der Waals surface area (Å²) in [5, 5.41) is 11.7. The first-order valence-corrected chi connectivity index (χ1v) is 5.33. The van der Waals surface area contributed by atoms with Crippen LogP contribution in [0.15, 0.2) is 18.2 Å². The third kappa shape index (κ3) is 3.47. The Hall–Kier alpha value is -1.13. The lowest BCUT2D eigenvalue weighted by molar-refractivity contribution is 0.0913. The molecule has 0 bridgehead atoms. The maximum atomic E-state index is 13.0. The van der Waals surface area contributed by atoms with Crippen LogP contribution in [0.5, 0.6) is 0 Å². The van der Waals surface area contributed by atoms with Crippen molar-refractivity contribution >= 4 is 17.5 Å². The van der Waals surface area contributed by atoms with Gasteiger partial charge in [0.2, 0.25) is 0 Å². The van der Waals surface area contributed by atoms with Crippen LogP contribution < -0.4 is 5.32 Å². The second-order valence-corrected chi connectivity index (χ2v) is 3.81. The topological polar surface area (TPSA) is 49.3 Å². The van der Waals surface area contributed by atoms with E-state index in [2.05, 4.69) is 5.32 Å². The van der Waals surface area contributed by atoms with E-state index in [1.807, 2.05) is 0 Å². The van der Waals surface area contributed by atoms with Crippen molar-refractivity contribution in [2.45, 2.75) is 19.4 Å².